The number of rotatable bonds is 2. The summed E-state index contributed by atoms with van der Waals surface area (Å²) in [6.45, 7) is 7.17. The molecule has 4 atom stereocenters. The van der Waals surface area contributed by atoms with Gasteiger partial charge in [-0.3, -0.25) is 0 Å². The molecule has 0 saturated heterocycles. The maximum atomic E-state index is 9.88. The van der Waals surface area contributed by atoms with E-state index < -0.39 is 0 Å². The van der Waals surface area contributed by atoms with Gasteiger partial charge in [0.2, 0.25) is 0 Å². The molecule has 0 aromatic rings. The summed E-state index contributed by atoms with van der Waals surface area (Å²) in [6.07, 6.45) is 15.2. The van der Waals surface area contributed by atoms with Crippen LogP contribution in [0.3, 0.4) is 0 Å². The fourth-order valence-corrected chi connectivity index (χ4v) is 4.74. The van der Waals surface area contributed by atoms with Crippen molar-refractivity contribution in [2.24, 2.45) is 17.3 Å². The van der Waals surface area contributed by atoms with Crippen LogP contribution in [0.1, 0.15) is 65.7 Å². The quantitative estimate of drug-likeness (QED) is 0.742. The van der Waals surface area contributed by atoms with Crippen molar-refractivity contribution in [2.75, 3.05) is 0 Å². The number of fused-ring (bicyclic) bond motifs is 1. The van der Waals surface area contributed by atoms with Gasteiger partial charge in [-0.15, -0.1) is 0 Å². The van der Waals surface area contributed by atoms with Crippen molar-refractivity contribution < 1.29 is 5.11 Å². The SMILES string of the molecule is CC1=C(C=CC2=CCC[C@]3(C)[C@@H](C)CC[C@@H]23)C[C@@H](O)CC1. The van der Waals surface area contributed by atoms with E-state index in [-0.39, 0.29) is 6.10 Å². The maximum absolute atomic E-state index is 9.88. The molecule has 3 aliphatic rings. The van der Waals surface area contributed by atoms with E-state index in [1.807, 2.05) is 0 Å². The zero-order chi connectivity index (χ0) is 15.0. The number of allylic oxidation sites excluding steroid dienone is 5. The van der Waals surface area contributed by atoms with Gasteiger partial charge in [-0.2, -0.15) is 0 Å². The molecule has 1 saturated carbocycles. The Labute approximate surface area is 129 Å². The molecule has 1 N–H and O–H groups in total. The van der Waals surface area contributed by atoms with Gasteiger partial charge in [0.05, 0.1) is 6.10 Å². The first-order chi connectivity index (χ1) is 10.0. The highest BCUT2D eigenvalue weighted by molar-refractivity contribution is 5.36. The third-order valence-electron chi connectivity index (χ3n) is 6.61. The van der Waals surface area contributed by atoms with Crippen molar-refractivity contribution >= 4 is 0 Å². The molecule has 0 unspecified atom stereocenters. The average molecular weight is 286 g/mol. The van der Waals surface area contributed by atoms with Crippen LogP contribution in [0.15, 0.2) is 34.9 Å². The lowest BCUT2D eigenvalue weighted by molar-refractivity contribution is 0.159. The fraction of sp³-hybridized carbons (Fsp3) is 0.700. The highest BCUT2D eigenvalue weighted by Gasteiger charge is 2.46. The van der Waals surface area contributed by atoms with Gasteiger partial charge in [0, 0.05) is 0 Å². The molecule has 0 bridgehead atoms. The smallest absolute Gasteiger partial charge is 0.0583 e. The Bertz CT molecular complexity index is 496. The predicted octanol–water partition coefficient (Wildman–Crippen LogP) is 5.18. The molecule has 0 aliphatic heterocycles. The van der Waals surface area contributed by atoms with Crippen molar-refractivity contribution in [1.82, 2.24) is 0 Å². The van der Waals surface area contributed by atoms with Gasteiger partial charge in [0.1, 0.15) is 0 Å². The number of hydrogen-bond donors (Lipinski definition) is 1. The standard InChI is InChI=1S/C20H30O/c1-14-6-10-18(21)13-17(14)9-8-16-5-4-12-20(3)15(2)7-11-19(16)20/h5,8-9,15,18-19,21H,4,6-7,10-13H2,1-3H3/t15-,18-,19-,20+/m0/s1. The second kappa shape index (κ2) is 5.76. The van der Waals surface area contributed by atoms with Crippen LogP contribution in [0.4, 0.5) is 0 Å². The minimum Gasteiger partial charge on any atom is -0.393 e. The van der Waals surface area contributed by atoms with E-state index in [0.29, 0.717) is 5.41 Å². The first-order valence-electron chi connectivity index (χ1n) is 8.75. The van der Waals surface area contributed by atoms with E-state index in [4.69, 9.17) is 0 Å². The maximum Gasteiger partial charge on any atom is 0.0583 e. The number of aliphatic hydroxyl groups excluding tert-OH is 1. The Kier molecular flexibility index (Phi) is 4.14. The second-order valence-electron chi connectivity index (χ2n) is 7.82. The van der Waals surface area contributed by atoms with Gasteiger partial charge in [-0.05, 0) is 80.3 Å². The molecule has 1 fully saturated rings. The van der Waals surface area contributed by atoms with Gasteiger partial charge in [0.25, 0.3) is 0 Å². The van der Waals surface area contributed by atoms with Crippen molar-refractivity contribution in [3.05, 3.63) is 34.9 Å². The summed E-state index contributed by atoms with van der Waals surface area (Å²) in [5, 5.41) is 9.88. The molecule has 0 aromatic heterocycles. The molecule has 21 heavy (non-hydrogen) atoms. The van der Waals surface area contributed by atoms with Crippen LogP contribution >= 0.6 is 0 Å². The average Bonchev–Trinajstić information content (AvgIpc) is 2.76. The van der Waals surface area contributed by atoms with Crippen LogP contribution in [0.5, 0.6) is 0 Å². The molecule has 1 heteroatoms. The van der Waals surface area contributed by atoms with E-state index in [1.54, 1.807) is 5.57 Å². The number of aliphatic hydroxyl groups is 1. The Balaban J connectivity index is 1.79. The summed E-state index contributed by atoms with van der Waals surface area (Å²) in [4.78, 5) is 0. The largest absolute Gasteiger partial charge is 0.393 e. The summed E-state index contributed by atoms with van der Waals surface area (Å²) in [6, 6.07) is 0. The molecule has 0 radical (unpaired) electrons. The first-order valence-corrected chi connectivity index (χ1v) is 8.75. The van der Waals surface area contributed by atoms with E-state index >= 15 is 0 Å². The van der Waals surface area contributed by atoms with Crippen molar-refractivity contribution in [1.29, 1.82) is 0 Å². The summed E-state index contributed by atoms with van der Waals surface area (Å²) < 4.78 is 0. The molecule has 3 rings (SSSR count). The lowest BCUT2D eigenvalue weighted by Gasteiger charge is -2.39. The van der Waals surface area contributed by atoms with Crippen LogP contribution in [0.25, 0.3) is 0 Å². The van der Waals surface area contributed by atoms with E-state index in [0.717, 1.165) is 31.1 Å². The summed E-state index contributed by atoms with van der Waals surface area (Å²) in [5.74, 6) is 1.61. The third-order valence-corrected chi connectivity index (χ3v) is 6.61. The van der Waals surface area contributed by atoms with Gasteiger partial charge >= 0.3 is 0 Å². The normalized spacial score (nSPS) is 40.6. The summed E-state index contributed by atoms with van der Waals surface area (Å²) in [5.41, 5.74) is 4.92. The Morgan fingerprint density at radius 2 is 2.05 bits per heavy atom. The zero-order valence-electron chi connectivity index (χ0n) is 13.9. The minimum atomic E-state index is -0.134. The van der Waals surface area contributed by atoms with Gasteiger partial charge in [-0.25, -0.2) is 0 Å². The monoisotopic (exact) mass is 286 g/mol. The molecular formula is C20H30O. The summed E-state index contributed by atoms with van der Waals surface area (Å²) in [7, 11) is 0. The lowest BCUT2D eigenvalue weighted by atomic mass is 9.65. The van der Waals surface area contributed by atoms with Crippen LogP contribution in [-0.4, -0.2) is 11.2 Å². The van der Waals surface area contributed by atoms with Crippen molar-refractivity contribution in [3.8, 4) is 0 Å². The molecule has 0 amide bonds. The summed E-state index contributed by atoms with van der Waals surface area (Å²) >= 11 is 0. The molecule has 0 heterocycles. The Morgan fingerprint density at radius 1 is 1.24 bits per heavy atom. The van der Waals surface area contributed by atoms with Crippen molar-refractivity contribution in [3.63, 3.8) is 0 Å². The molecular weight excluding hydrogens is 256 g/mol. The van der Waals surface area contributed by atoms with Crippen LogP contribution in [0.2, 0.25) is 0 Å². The van der Waals surface area contributed by atoms with Crippen LogP contribution in [-0.2, 0) is 0 Å². The van der Waals surface area contributed by atoms with Crippen LogP contribution in [0, 0.1) is 17.3 Å². The van der Waals surface area contributed by atoms with Gasteiger partial charge in [-0.1, -0.05) is 37.6 Å². The first kappa shape index (κ1) is 15.1. The zero-order valence-corrected chi connectivity index (χ0v) is 13.9. The number of hydrogen-bond acceptors (Lipinski definition) is 1. The minimum absolute atomic E-state index is 0.134. The lowest BCUT2D eigenvalue weighted by Crippen LogP contribution is -2.30. The predicted molar refractivity (Wildman–Crippen MR) is 89.0 cm³/mol. The highest BCUT2D eigenvalue weighted by atomic mass is 16.3. The van der Waals surface area contributed by atoms with Crippen LogP contribution < -0.4 is 0 Å². The Hall–Kier alpha value is -0.820. The fourth-order valence-electron chi connectivity index (χ4n) is 4.74. The van der Waals surface area contributed by atoms with Crippen molar-refractivity contribution in [2.45, 2.75) is 71.8 Å². The topological polar surface area (TPSA) is 20.2 Å². The van der Waals surface area contributed by atoms with Gasteiger partial charge < -0.3 is 5.11 Å². The molecule has 3 aliphatic carbocycles. The Morgan fingerprint density at radius 3 is 2.86 bits per heavy atom. The molecule has 0 spiro atoms. The second-order valence-corrected chi connectivity index (χ2v) is 7.82. The van der Waals surface area contributed by atoms with E-state index in [9.17, 15) is 5.11 Å². The van der Waals surface area contributed by atoms with E-state index in [1.165, 1.54) is 36.8 Å². The molecule has 0 aromatic carbocycles. The third kappa shape index (κ3) is 2.77. The molecule has 1 nitrogen and oxygen atoms in total. The van der Waals surface area contributed by atoms with Gasteiger partial charge in [0.15, 0.2) is 0 Å². The van der Waals surface area contributed by atoms with E-state index in [2.05, 4.69) is 39.0 Å². The molecule has 116 valence electrons. The highest BCUT2D eigenvalue weighted by Crippen LogP contribution is 2.55.